The van der Waals surface area contributed by atoms with Gasteiger partial charge in [0.1, 0.15) is 0 Å². The average molecular weight is 240 g/mol. The quantitative estimate of drug-likeness (QED) is 0.683. The van der Waals surface area contributed by atoms with Gasteiger partial charge in [-0.15, -0.1) is 0 Å². The van der Waals surface area contributed by atoms with E-state index in [-0.39, 0.29) is 10.8 Å². The van der Waals surface area contributed by atoms with E-state index in [0.29, 0.717) is 11.8 Å². The molecule has 0 radical (unpaired) electrons. The smallest absolute Gasteiger partial charge is 0.0936 e. The Bertz CT molecular complexity index is 308. The summed E-state index contributed by atoms with van der Waals surface area (Å²) in [6.07, 6.45) is 3.51. The van der Waals surface area contributed by atoms with Gasteiger partial charge >= 0.3 is 0 Å². The first-order valence-electron chi connectivity index (χ1n) is 7.01. The van der Waals surface area contributed by atoms with Gasteiger partial charge in [-0.25, -0.2) is 0 Å². The molecule has 0 amide bonds. The van der Waals surface area contributed by atoms with Gasteiger partial charge in [0.2, 0.25) is 0 Å². The molecule has 5 atom stereocenters. The van der Waals surface area contributed by atoms with Gasteiger partial charge in [-0.05, 0) is 49.9 Å². The van der Waals surface area contributed by atoms with Crippen molar-refractivity contribution in [2.45, 2.75) is 72.0 Å². The summed E-state index contributed by atoms with van der Waals surface area (Å²) in [6.45, 7) is 11.0. The number of hydrogen-bond acceptors (Lipinski definition) is 2. The van der Waals surface area contributed by atoms with Crippen LogP contribution in [0.2, 0.25) is 0 Å². The first-order valence-corrected chi connectivity index (χ1v) is 7.01. The van der Waals surface area contributed by atoms with E-state index < -0.39 is 11.7 Å². The van der Waals surface area contributed by atoms with Crippen molar-refractivity contribution in [3.05, 3.63) is 0 Å². The number of hydrogen-bond donors (Lipinski definition) is 2. The summed E-state index contributed by atoms with van der Waals surface area (Å²) >= 11 is 0. The summed E-state index contributed by atoms with van der Waals surface area (Å²) in [4.78, 5) is 0. The molecule has 2 fully saturated rings. The van der Waals surface area contributed by atoms with Crippen molar-refractivity contribution in [3.63, 3.8) is 0 Å². The van der Waals surface area contributed by atoms with Crippen LogP contribution < -0.4 is 0 Å². The lowest BCUT2D eigenvalue weighted by Crippen LogP contribution is -2.54. The molecule has 0 bridgehead atoms. The van der Waals surface area contributed by atoms with E-state index in [2.05, 4.69) is 27.7 Å². The topological polar surface area (TPSA) is 40.5 Å². The van der Waals surface area contributed by atoms with E-state index in [4.69, 9.17) is 0 Å². The van der Waals surface area contributed by atoms with Gasteiger partial charge < -0.3 is 10.2 Å². The number of aliphatic hydroxyl groups is 2. The van der Waals surface area contributed by atoms with E-state index in [1.165, 1.54) is 6.42 Å². The lowest BCUT2D eigenvalue weighted by Gasteiger charge is -2.53. The Labute approximate surface area is 105 Å². The van der Waals surface area contributed by atoms with Crippen LogP contribution in [0.15, 0.2) is 0 Å². The summed E-state index contributed by atoms with van der Waals surface area (Å²) in [5.74, 6) is 1.05. The SMILES string of the molecule is CC1CC(C)(C)CC2(C1)C(C)CC(O)C2(C)O. The van der Waals surface area contributed by atoms with Crippen LogP contribution in [0.25, 0.3) is 0 Å². The normalized spacial score (nSPS) is 54.2. The van der Waals surface area contributed by atoms with Gasteiger partial charge in [0, 0.05) is 5.41 Å². The second-order valence-electron chi connectivity index (χ2n) is 7.81. The van der Waals surface area contributed by atoms with Crippen LogP contribution in [0.5, 0.6) is 0 Å². The van der Waals surface area contributed by atoms with Gasteiger partial charge in [-0.1, -0.05) is 27.7 Å². The summed E-state index contributed by atoms with van der Waals surface area (Å²) in [5.41, 5.74) is -0.730. The molecule has 0 aromatic carbocycles. The van der Waals surface area contributed by atoms with Gasteiger partial charge in [0.05, 0.1) is 11.7 Å². The first-order chi connectivity index (χ1) is 7.61. The van der Waals surface area contributed by atoms with Crippen LogP contribution in [0, 0.1) is 22.7 Å². The zero-order chi connectivity index (χ0) is 13.1. The van der Waals surface area contributed by atoms with Crippen molar-refractivity contribution in [3.8, 4) is 0 Å². The van der Waals surface area contributed by atoms with Gasteiger partial charge in [-0.2, -0.15) is 0 Å². The molecule has 2 saturated carbocycles. The Kier molecular flexibility index (Phi) is 2.91. The lowest BCUT2D eigenvalue weighted by atomic mass is 9.53. The molecule has 0 aromatic heterocycles. The largest absolute Gasteiger partial charge is 0.390 e. The minimum absolute atomic E-state index is 0.0897. The van der Waals surface area contributed by atoms with Crippen LogP contribution in [-0.2, 0) is 0 Å². The number of aliphatic hydroxyl groups excluding tert-OH is 1. The summed E-state index contributed by atoms with van der Waals surface area (Å²) in [7, 11) is 0. The van der Waals surface area contributed by atoms with Crippen molar-refractivity contribution < 1.29 is 10.2 Å². The maximum absolute atomic E-state index is 10.8. The fourth-order valence-corrected chi connectivity index (χ4v) is 5.02. The number of rotatable bonds is 0. The van der Waals surface area contributed by atoms with Crippen molar-refractivity contribution in [2.75, 3.05) is 0 Å². The molecule has 2 heteroatoms. The Morgan fingerprint density at radius 2 is 1.65 bits per heavy atom. The van der Waals surface area contributed by atoms with Crippen LogP contribution in [0.4, 0.5) is 0 Å². The van der Waals surface area contributed by atoms with Crippen LogP contribution >= 0.6 is 0 Å². The maximum Gasteiger partial charge on any atom is 0.0936 e. The summed E-state index contributed by atoms with van der Waals surface area (Å²) in [5, 5.41) is 21.0. The van der Waals surface area contributed by atoms with Crippen molar-refractivity contribution >= 4 is 0 Å². The highest BCUT2D eigenvalue weighted by Crippen LogP contribution is 2.62. The van der Waals surface area contributed by atoms with Gasteiger partial charge in [0.25, 0.3) is 0 Å². The fourth-order valence-electron chi connectivity index (χ4n) is 5.02. The minimum atomic E-state index is -0.918. The molecule has 2 aliphatic rings. The van der Waals surface area contributed by atoms with Crippen molar-refractivity contribution in [1.82, 2.24) is 0 Å². The van der Waals surface area contributed by atoms with Crippen LogP contribution in [-0.4, -0.2) is 21.9 Å². The third kappa shape index (κ3) is 1.84. The molecule has 2 N–H and O–H groups in total. The second-order valence-corrected chi connectivity index (χ2v) is 7.81. The molecule has 0 aliphatic heterocycles. The van der Waals surface area contributed by atoms with E-state index in [1.54, 1.807) is 0 Å². The van der Waals surface area contributed by atoms with Crippen molar-refractivity contribution in [1.29, 1.82) is 0 Å². The Hall–Kier alpha value is -0.0800. The lowest BCUT2D eigenvalue weighted by molar-refractivity contribution is -0.154. The van der Waals surface area contributed by atoms with E-state index >= 15 is 0 Å². The van der Waals surface area contributed by atoms with Crippen LogP contribution in [0.3, 0.4) is 0 Å². The first kappa shape index (κ1) is 13.4. The second kappa shape index (κ2) is 3.71. The monoisotopic (exact) mass is 240 g/mol. The average Bonchev–Trinajstić information content (AvgIpc) is 2.25. The Balaban J connectivity index is 2.40. The molecule has 2 nitrogen and oxygen atoms in total. The molecule has 0 aromatic rings. The molecule has 17 heavy (non-hydrogen) atoms. The molecular formula is C15H28O2. The fraction of sp³-hybridized carbons (Fsp3) is 1.00. The molecular weight excluding hydrogens is 212 g/mol. The molecule has 0 heterocycles. The molecule has 100 valence electrons. The predicted molar refractivity (Wildman–Crippen MR) is 69.6 cm³/mol. The van der Waals surface area contributed by atoms with Crippen molar-refractivity contribution in [2.24, 2.45) is 22.7 Å². The summed E-state index contributed by atoms with van der Waals surface area (Å²) in [6, 6.07) is 0. The Morgan fingerprint density at radius 3 is 2.06 bits per heavy atom. The molecule has 2 rings (SSSR count). The Morgan fingerprint density at radius 1 is 1.06 bits per heavy atom. The molecule has 0 saturated heterocycles. The van der Waals surface area contributed by atoms with Gasteiger partial charge in [-0.3, -0.25) is 0 Å². The molecule has 2 aliphatic carbocycles. The van der Waals surface area contributed by atoms with E-state index in [0.717, 1.165) is 19.3 Å². The third-order valence-corrected chi connectivity index (χ3v) is 5.58. The predicted octanol–water partition coefficient (Wildman–Crippen LogP) is 2.97. The standard InChI is InChI=1S/C15H28O2/c1-10-7-13(3,4)9-15(8-10)11(2)6-12(16)14(15,5)17/h10-12,16-17H,6-9H2,1-5H3. The van der Waals surface area contributed by atoms with E-state index in [9.17, 15) is 10.2 Å². The summed E-state index contributed by atoms with van der Waals surface area (Å²) < 4.78 is 0. The van der Waals surface area contributed by atoms with Crippen LogP contribution in [0.1, 0.15) is 60.3 Å². The highest BCUT2D eigenvalue weighted by Gasteiger charge is 2.62. The molecule has 5 unspecified atom stereocenters. The highest BCUT2D eigenvalue weighted by molar-refractivity contribution is 5.12. The van der Waals surface area contributed by atoms with E-state index in [1.807, 2.05) is 6.92 Å². The highest BCUT2D eigenvalue weighted by atomic mass is 16.3. The van der Waals surface area contributed by atoms with Gasteiger partial charge in [0.15, 0.2) is 0 Å². The zero-order valence-corrected chi connectivity index (χ0v) is 12.0. The third-order valence-electron chi connectivity index (χ3n) is 5.58. The molecule has 1 spiro atoms. The zero-order valence-electron chi connectivity index (χ0n) is 12.0. The maximum atomic E-state index is 10.8. The minimum Gasteiger partial charge on any atom is -0.390 e.